The fourth-order valence-corrected chi connectivity index (χ4v) is 2.70. The molecule has 1 aliphatic rings. The molecule has 5 nitrogen and oxygen atoms in total. The molecule has 3 rings (SSSR count). The Balaban J connectivity index is 1.48. The smallest absolute Gasteiger partial charge is 0.224 e. The summed E-state index contributed by atoms with van der Waals surface area (Å²) in [4.78, 5) is 12.1. The summed E-state index contributed by atoms with van der Waals surface area (Å²) in [5, 5.41) is 3.23. The van der Waals surface area contributed by atoms with Crippen molar-refractivity contribution in [2.75, 3.05) is 25.1 Å². The summed E-state index contributed by atoms with van der Waals surface area (Å²) >= 11 is 6.19. The van der Waals surface area contributed by atoms with Crippen LogP contribution in [0, 0.1) is 6.92 Å². The first kappa shape index (κ1) is 17.4. The molecule has 1 amide bonds. The lowest BCUT2D eigenvalue weighted by atomic mass is 10.2. The van der Waals surface area contributed by atoms with E-state index in [1.54, 1.807) is 12.1 Å². The fourth-order valence-electron chi connectivity index (χ4n) is 2.50. The number of anilines is 1. The highest BCUT2D eigenvalue weighted by atomic mass is 35.5. The Morgan fingerprint density at radius 2 is 1.96 bits per heavy atom. The largest absolute Gasteiger partial charge is 0.494 e. The minimum absolute atomic E-state index is 0.119. The van der Waals surface area contributed by atoms with Crippen LogP contribution in [0.25, 0.3) is 0 Å². The van der Waals surface area contributed by atoms with Gasteiger partial charge in [-0.2, -0.15) is 0 Å². The van der Waals surface area contributed by atoms with Gasteiger partial charge in [0, 0.05) is 18.6 Å². The number of nitrogens with one attached hydrogen (secondary N) is 1. The summed E-state index contributed by atoms with van der Waals surface area (Å²) in [6.07, 6.45) is 0.957. The topological polar surface area (TPSA) is 56.8 Å². The van der Waals surface area contributed by atoms with Crippen LogP contribution < -0.4 is 19.5 Å². The molecule has 0 saturated carbocycles. The van der Waals surface area contributed by atoms with Crippen LogP contribution in [0.3, 0.4) is 0 Å². The van der Waals surface area contributed by atoms with E-state index in [9.17, 15) is 4.79 Å². The van der Waals surface area contributed by atoms with E-state index in [4.69, 9.17) is 25.8 Å². The number of amides is 1. The Morgan fingerprint density at radius 3 is 2.72 bits per heavy atom. The van der Waals surface area contributed by atoms with Gasteiger partial charge in [-0.15, -0.1) is 0 Å². The third-order valence-electron chi connectivity index (χ3n) is 3.71. The average molecular weight is 362 g/mol. The highest BCUT2D eigenvalue weighted by Gasteiger charge is 2.16. The average Bonchev–Trinajstić information content (AvgIpc) is 2.59. The van der Waals surface area contributed by atoms with Crippen LogP contribution in [0.15, 0.2) is 36.4 Å². The van der Waals surface area contributed by atoms with E-state index in [2.05, 4.69) is 5.32 Å². The maximum atomic E-state index is 12.1. The summed E-state index contributed by atoms with van der Waals surface area (Å²) in [5.41, 5.74) is 1.67. The molecule has 2 aromatic rings. The maximum Gasteiger partial charge on any atom is 0.224 e. The number of fused-ring (bicyclic) bond motifs is 1. The van der Waals surface area contributed by atoms with Crippen molar-refractivity contribution in [1.82, 2.24) is 0 Å². The highest BCUT2D eigenvalue weighted by Crippen LogP contribution is 2.37. The van der Waals surface area contributed by atoms with Crippen molar-refractivity contribution in [2.45, 2.75) is 19.8 Å². The number of carbonyl (C=O) groups excluding carboxylic acids is 1. The van der Waals surface area contributed by atoms with Crippen LogP contribution in [-0.2, 0) is 4.79 Å². The third kappa shape index (κ3) is 4.79. The second-order valence-corrected chi connectivity index (χ2v) is 6.20. The van der Waals surface area contributed by atoms with Gasteiger partial charge in [-0.1, -0.05) is 23.7 Å². The molecule has 0 saturated heterocycles. The molecule has 0 aromatic heterocycles. The van der Waals surface area contributed by atoms with Crippen molar-refractivity contribution in [3.63, 3.8) is 0 Å². The Bertz CT molecular complexity index is 763. The summed E-state index contributed by atoms with van der Waals surface area (Å²) in [6.45, 7) is 3.47. The lowest BCUT2D eigenvalue weighted by Crippen LogP contribution is -2.17. The van der Waals surface area contributed by atoms with Crippen LogP contribution in [-0.4, -0.2) is 25.7 Å². The predicted octanol–water partition coefficient (Wildman–Crippen LogP) is 4.22. The zero-order valence-electron chi connectivity index (χ0n) is 14.0. The Hall–Kier alpha value is -2.40. The first-order chi connectivity index (χ1) is 12.1. The van der Waals surface area contributed by atoms with E-state index in [1.165, 1.54) is 0 Å². The third-order valence-corrected chi connectivity index (χ3v) is 4.03. The van der Waals surface area contributed by atoms with Crippen LogP contribution in [0.1, 0.15) is 18.4 Å². The molecule has 0 fully saturated rings. The zero-order valence-corrected chi connectivity index (χ0v) is 14.8. The van der Waals surface area contributed by atoms with Crippen LogP contribution in [0.4, 0.5) is 5.69 Å². The zero-order chi connectivity index (χ0) is 17.6. The molecule has 1 heterocycles. The van der Waals surface area contributed by atoms with Gasteiger partial charge >= 0.3 is 0 Å². The summed E-state index contributed by atoms with van der Waals surface area (Å²) in [6, 6.07) is 11.2. The Morgan fingerprint density at radius 1 is 1.20 bits per heavy atom. The standard InChI is InChI=1S/C19H20ClNO4/c1-13-4-2-5-14(10-13)23-7-3-6-19(22)21-16-12-18-17(11-15(16)20)24-8-9-25-18/h2,4-5,10-12H,3,6-9H2,1H3,(H,21,22). The number of hydrogen-bond donors (Lipinski definition) is 1. The van der Waals surface area contributed by atoms with Crippen LogP contribution in [0.5, 0.6) is 17.2 Å². The lowest BCUT2D eigenvalue weighted by Gasteiger charge is -2.20. The van der Waals surface area contributed by atoms with Gasteiger partial charge in [0.1, 0.15) is 19.0 Å². The molecule has 0 spiro atoms. The van der Waals surface area contributed by atoms with Gasteiger partial charge in [-0.05, 0) is 31.0 Å². The van der Waals surface area contributed by atoms with Gasteiger partial charge in [-0.3, -0.25) is 4.79 Å². The van der Waals surface area contributed by atoms with Gasteiger partial charge in [-0.25, -0.2) is 0 Å². The second-order valence-electron chi connectivity index (χ2n) is 5.79. The lowest BCUT2D eigenvalue weighted by molar-refractivity contribution is -0.116. The normalized spacial score (nSPS) is 12.6. The van der Waals surface area contributed by atoms with E-state index in [-0.39, 0.29) is 5.91 Å². The first-order valence-electron chi connectivity index (χ1n) is 8.20. The second kappa shape index (κ2) is 8.12. The molecule has 0 bridgehead atoms. The van der Waals surface area contributed by atoms with Gasteiger partial charge in [0.25, 0.3) is 0 Å². The Labute approximate surface area is 151 Å². The fraction of sp³-hybridized carbons (Fsp3) is 0.316. The number of halogens is 1. The molecule has 0 atom stereocenters. The van der Waals surface area contributed by atoms with E-state index >= 15 is 0 Å². The number of ether oxygens (including phenoxy) is 3. The summed E-state index contributed by atoms with van der Waals surface area (Å²) in [7, 11) is 0. The molecule has 1 aliphatic heterocycles. The maximum absolute atomic E-state index is 12.1. The molecule has 2 aromatic carbocycles. The molecule has 25 heavy (non-hydrogen) atoms. The number of hydrogen-bond acceptors (Lipinski definition) is 4. The van der Waals surface area contributed by atoms with Crippen LogP contribution in [0.2, 0.25) is 5.02 Å². The molecule has 6 heteroatoms. The van der Waals surface area contributed by atoms with Gasteiger partial charge in [0.05, 0.1) is 17.3 Å². The van der Waals surface area contributed by atoms with Crippen molar-refractivity contribution < 1.29 is 19.0 Å². The predicted molar refractivity (Wildman–Crippen MR) is 97.0 cm³/mol. The van der Waals surface area contributed by atoms with Gasteiger partial charge in [0.2, 0.25) is 5.91 Å². The highest BCUT2D eigenvalue weighted by molar-refractivity contribution is 6.34. The van der Waals surface area contributed by atoms with E-state index in [0.717, 1.165) is 11.3 Å². The molecule has 1 N–H and O–H groups in total. The first-order valence-corrected chi connectivity index (χ1v) is 8.58. The minimum atomic E-state index is -0.119. The number of carbonyl (C=O) groups is 1. The summed E-state index contributed by atoms with van der Waals surface area (Å²) < 4.78 is 16.6. The number of rotatable bonds is 6. The van der Waals surface area contributed by atoms with Crippen molar-refractivity contribution in [2.24, 2.45) is 0 Å². The molecular weight excluding hydrogens is 342 g/mol. The molecule has 132 valence electrons. The molecule has 0 unspecified atom stereocenters. The van der Waals surface area contributed by atoms with E-state index < -0.39 is 0 Å². The SMILES string of the molecule is Cc1cccc(OCCCC(=O)Nc2cc3c(cc2Cl)OCCO3)c1. The summed E-state index contributed by atoms with van der Waals surface area (Å²) in [5.74, 6) is 1.89. The number of benzene rings is 2. The molecule has 0 aliphatic carbocycles. The van der Waals surface area contributed by atoms with Gasteiger partial charge in [0.15, 0.2) is 11.5 Å². The van der Waals surface area contributed by atoms with Crippen LogP contribution >= 0.6 is 11.6 Å². The van der Waals surface area contributed by atoms with Crippen molar-refractivity contribution in [3.05, 3.63) is 47.0 Å². The molecular formula is C19H20ClNO4. The monoisotopic (exact) mass is 361 g/mol. The minimum Gasteiger partial charge on any atom is -0.494 e. The van der Waals surface area contributed by atoms with E-state index in [0.29, 0.717) is 54.9 Å². The van der Waals surface area contributed by atoms with Crippen molar-refractivity contribution in [3.8, 4) is 17.2 Å². The van der Waals surface area contributed by atoms with Gasteiger partial charge < -0.3 is 19.5 Å². The Kier molecular flexibility index (Phi) is 5.66. The number of aryl methyl sites for hydroxylation is 1. The van der Waals surface area contributed by atoms with E-state index in [1.807, 2.05) is 31.2 Å². The molecule has 0 radical (unpaired) electrons. The quantitative estimate of drug-likeness (QED) is 0.783. The van der Waals surface area contributed by atoms with Crippen molar-refractivity contribution in [1.29, 1.82) is 0 Å². The van der Waals surface area contributed by atoms with Crippen molar-refractivity contribution >= 4 is 23.2 Å².